The summed E-state index contributed by atoms with van der Waals surface area (Å²) in [7, 11) is 0. The Morgan fingerprint density at radius 3 is 2.89 bits per heavy atom. The minimum absolute atomic E-state index is 0.00393. The first-order chi connectivity index (χ1) is 8.57. The van der Waals surface area contributed by atoms with Gasteiger partial charge in [-0.25, -0.2) is 4.79 Å². The zero-order valence-electron chi connectivity index (χ0n) is 9.34. The third-order valence-electron chi connectivity index (χ3n) is 2.30. The molecule has 0 aromatic carbocycles. The molecule has 0 spiro atoms. The van der Waals surface area contributed by atoms with Crippen LogP contribution in [0.3, 0.4) is 0 Å². The van der Waals surface area contributed by atoms with E-state index in [9.17, 15) is 15.0 Å². The average molecular weight is 252 g/mol. The highest BCUT2D eigenvalue weighted by molar-refractivity contribution is 5.88. The third kappa shape index (κ3) is 3.42. The van der Waals surface area contributed by atoms with Gasteiger partial charge in [-0.1, -0.05) is 5.11 Å². The third-order valence-corrected chi connectivity index (χ3v) is 2.30. The molecule has 2 unspecified atom stereocenters. The Morgan fingerprint density at radius 2 is 2.28 bits per heavy atom. The summed E-state index contributed by atoms with van der Waals surface area (Å²) in [5.41, 5.74) is 7.79. The van der Waals surface area contributed by atoms with Gasteiger partial charge in [0.05, 0.1) is 17.4 Å². The number of nitrogens with zero attached hydrogens (tertiary/aromatic N) is 4. The molecule has 1 heterocycles. The Hall–Kier alpha value is -2.15. The predicted octanol–water partition coefficient (Wildman–Crippen LogP) is 0.875. The van der Waals surface area contributed by atoms with Gasteiger partial charge >= 0.3 is 5.97 Å². The number of carboxylic acids is 1. The average Bonchev–Trinajstić information content (AvgIpc) is 2.38. The number of carboxylic acid groups (broad SMARTS) is 1. The maximum atomic E-state index is 10.9. The van der Waals surface area contributed by atoms with E-state index in [1.54, 1.807) is 0 Å². The molecular weight excluding hydrogens is 240 g/mol. The summed E-state index contributed by atoms with van der Waals surface area (Å²) in [5.74, 6) is -1.24. The fraction of sp³-hybridized carbons (Fsp3) is 0.400. The van der Waals surface area contributed by atoms with Gasteiger partial charge in [-0.05, 0) is 24.1 Å². The number of aromatic carboxylic acids is 1. The van der Waals surface area contributed by atoms with Crippen LogP contribution >= 0.6 is 0 Å². The van der Waals surface area contributed by atoms with Crippen LogP contribution in [0.25, 0.3) is 10.4 Å². The summed E-state index contributed by atoms with van der Waals surface area (Å²) in [6.07, 6.45) is -1.35. The lowest BCUT2D eigenvalue weighted by Crippen LogP contribution is -2.22. The lowest BCUT2D eigenvalue weighted by molar-refractivity contribution is 0.0115. The van der Waals surface area contributed by atoms with Crippen LogP contribution in [0.15, 0.2) is 23.4 Å². The Kier molecular flexibility index (Phi) is 5.06. The molecule has 0 aliphatic heterocycles. The summed E-state index contributed by atoms with van der Waals surface area (Å²) in [4.78, 5) is 17.2. The van der Waals surface area contributed by atoms with Crippen molar-refractivity contribution in [3.63, 3.8) is 0 Å². The van der Waals surface area contributed by atoms with Crippen LogP contribution in [0.2, 0.25) is 0 Å². The number of aromatic nitrogens is 1. The minimum atomic E-state index is -1.44. The van der Waals surface area contributed by atoms with Crippen molar-refractivity contribution in [2.75, 3.05) is 6.54 Å². The maximum Gasteiger partial charge on any atom is 0.337 e. The van der Waals surface area contributed by atoms with Crippen LogP contribution in [0.4, 0.5) is 0 Å². The van der Waals surface area contributed by atoms with Crippen LogP contribution in [-0.2, 0) is 0 Å². The molecular formula is C10H12N4O4. The molecule has 8 heteroatoms. The monoisotopic (exact) mass is 252 g/mol. The standard InChI is InChI=1S/C10H12N4O4/c11-14-13-5-3-7(15)9(16)8-6(10(17)18)2-1-4-12-8/h1-2,4,7,9,15-16H,3,5H2,(H,17,18). The number of hydrogen-bond donors (Lipinski definition) is 3. The molecule has 96 valence electrons. The maximum absolute atomic E-state index is 10.9. The molecule has 0 aliphatic carbocycles. The van der Waals surface area contributed by atoms with E-state index in [0.29, 0.717) is 0 Å². The number of rotatable bonds is 6. The topological polar surface area (TPSA) is 139 Å². The zero-order chi connectivity index (χ0) is 13.5. The van der Waals surface area contributed by atoms with Crippen LogP contribution in [0.1, 0.15) is 28.6 Å². The number of azide groups is 1. The SMILES string of the molecule is [N-]=[N+]=NCCC(O)C(O)c1ncccc1C(=O)O. The van der Waals surface area contributed by atoms with Gasteiger partial charge in [0.25, 0.3) is 0 Å². The Morgan fingerprint density at radius 1 is 1.56 bits per heavy atom. The molecule has 0 bridgehead atoms. The molecule has 3 N–H and O–H groups in total. The lowest BCUT2D eigenvalue weighted by atomic mass is 10.0. The van der Waals surface area contributed by atoms with E-state index in [2.05, 4.69) is 15.0 Å². The molecule has 0 amide bonds. The summed E-state index contributed by atoms with van der Waals surface area (Å²) in [5, 5.41) is 31.6. The van der Waals surface area contributed by atoms with Crippen molar-refractivity contribution in [2.45, 2.75) is 18.6 Å². The first-order valence-electron chi connectivity index (χ1n) is 5.13. The Bertz CT molecular complexity index is 473. The largest absolute Gasteiger partial charge is 0.478 e. The molecule has 1 aromatic rings. The molecule has 1 aromatic heterocycles. The summed E-state index contributed by atoms with van der Waals surface area (Å²) < 4.78 is 0. The number of aliphatic hydroxyl groups excluding tert-OH is 2. The normalized spacial score (nSPS) is 13.4. The fourth-order valence-electron chi connectivity index (χ4n) is 1.41. The summed E-state index contributed by atoms with van der Waals surface area (Å²) >= 11 is 0. The number of pyridine rings is 1. The van der Waals surface area contributed by atoms with E-state index in [4.69, 9.17) is 10.6 Å². The number of carbonyl (C=O) groups is 1. The van der Waals surface area contributed by atoms with Crippen LogP contribution in [0, 0.1) is 0 Å². The van der Waals surface area contributed by atoms with Crippen molar-refractivity contribution in [2.24, 2.45) is 5.11 Å². The molecule has 0 radical (unpaired) electrons. The van der Waals surface area contributed by atoms with E-state index in [0.717, 1.165) is 0 Å². The quantitative estimate of drug-likeness (QED) is 0.391. The Balaban J connectivity index is 2.85. The molecule has 0 aliphatic rings. The van der Waals surface area contributed by atoms with Gasteiger partial charge in [0.15, 0.2) is 0 Å². The van der Waals surface area contributed by atoms with E-state index in [1.165, 1.54) is 18.3 Å². The zero-order valence-corrected chi connectivity index (χ0v) is 9.34. The molecule has 18 heavy (non-hydrogen) atoms. The predicted molar refractivity (Wildman–Crippen MR) is 60.8 cm³/mol. The highest BCUT2D eigenvalue weighted by Crippen LogP contribution is 2.20. The fourth-order valence-corrected chi connectivity index (χ4v) is 1.41. The van der Waals surface area contributed by atoms with Gasteiger partial charge in [0.2, 0.25) is 0 Å². The van der Waals surface area contributed by atoms with Crippen molar-refractivity contribution in [1.29, 1.82) is 0 Å². The second kappa shape index (κ2) is 6.55. The highest BCUT2D eigenvalue weighted by Gasteiger charge is 2.24. The van der Waals surface area contributed by atoms with Crippen LogP contribution < -0.4 is 0 Å². The smallest absolute Gasteiger partial charge is 0.337 e. The number of aliphatic hydroxyl groups is 2. The van der Waals surface area contributed by atoms with Crippen molar-refractivity contribution < 1.29 is 20.1 Å². The van der Waals surface area contributed by atoms with Gasteiger partial charge in [-0.3, -0.25) is 4.98 Å². The van der Waals surface area contributed by atoms with Crippen LogP contribution in [-0.4, -0.2) is 38.9 Å². The first-order valence-corrected chi connectivity index (χ1v) is 5.13. The van der Waals surface area contributed by atoms with Gasteiger partial charge < -0.3 is 15.3 Å². The van der Waals surface area contributed by atoms with E-state index in [1.807, 2.05) is 0 Å². The molecule has 0 saturated heterocycles. The van der Waals surface area contributed by atoms with Crippen molar-refractivity contribution in [1.82, 2.24) is 4.98 Å². The summed E-state index contributed by atoms with van der Waals surface area (Å²) in [6.45, 7) is 0.00393. The van der Waals surface area contributed by atoms with E-state index < -0.39 is 18.2 Å². The highest BCUT2D eigenvalue weighted by atomic mass is 16.4. The molecule has 8 nitrogen and oxygen atoms in total. The first kappa shape index (κ1) is 13.9. The van der Waals surface area contributed by atoms with Crippen molar-refractivity contribution >= 4 is 5.97 Å². The molecule has 0 fully saturated rings. The van der Waals surface area contributed by atoms with Gasteiger partial charge in [0.1, 0.15) is 6.10 Å². The second-order valence-electron chi connectivity index (χ2n) is 3.50. The minimum Gasteiger partial charge on any atom is -0.478 e. The molecule has 2 atom stereocenters. The molecule has 0 saturated carbocycles. The lowest BCUT2D eigenvalue weighted by Gasteiger charge is -2.17. The van der Waals surface area contributed by atoms with Crippen molar-refractivity contribution in [3.05, 3.63) is 40.0 Å². The van der Waals surface area contributed by atoms with E-state index >= 15 is 0 Å². The second-order valence-corrected chi connectivity index (χ2v) is 3.50. The Labute approximate surface area is 102 Å². The van der Waals surface area contributed by atoms with Crippen LogP contribution in [0.5, 0.6) is 0 Å². The molecule has 1 rings (SSSR count). The van der Waals surface area contributed by atoms with Gasteiger partial charge in [-0.2, -0.15) is 0 Å². The van der Waals surface area contributed by atoms with Crippen molar-refractivity contribution in [3.8, 4) is 0 Å². The van der Waals surface area contributed by atoms with Gasteiger partial charge in [-0.15, -0.1) is 0 Å². The number of hydrogen-bond acceptors (Lipinski definition) is 5. The van der Waals surface area contributed by atoms with Gasteiger partial charge in [0, 0.05) is 17.7 Å². The summed E-state index contributed by atoms with van der Waals surface area (Å²) in [6, 6.07) is 2.71. The van der Waals surface area contributed by atoms with E-state index in [-0.39, 0.29) is 24.2 Å².